The number of nitrogens with zero attached hydrogens (tertiary/aromatic N) is 3. The van der Waals surface area contributed by atoms with Crippen molar-refractivity contribution in [3.63, 3.8) is 0 Å². The fraction of sp³-hybridized carbons (Fsp3) is 0.231. The van der Waals surface area contributed by atoms with E-state index >= 15 is 0 Å². The lowest BCUT2D eigenvalue weighted by Gasteiger charge is -1.96. The number of aryl methyl sites for hydroxylation is 2. The van der Waals surface area contributed by atoms with Crippen LogP contribution in [0.5, 0.6) is 0 Å². The summed E-state index contributed by atoms with van der Waals surface area (Å²) in [6.45, 7) is 4.02. The maximum atomic E-state index is 5.93. The second kappa shape index (κ2) is 3.60. The Hall–Kier alpha value is -2.30. The molecule has 1 aromatic carbocycles. The first-order chi connectivity index (χ1) is 8.58. The highest BCUT2D eigenvalue weighted by molar-refractivity contribution is 5.89. The average Bonchev–Trinajstić information content (AvgIpc) is 2.83. The van der Waals surface area contributed by atoms with Crippen LogP contribution in [0.1, 0.15) is 11.4 Å². The van der Waals surface area contributed by atoms with E-state index in [2.05, 4.69) is 15.1 Å². The smallest absolute Gasteiger partial charge is 0.142 e. The summed E-state index contributed by atoms with van der Waals surface area (Å²) < 4.78 is 1.86. The number of rotatable bonds is 1. The van der Waals surface area contributed by atoms with Gasteiger partial charge in [-0.2, -0.15) is 5.10 Å². The number of nitrogens with one attached hydrogen (secondary N) is 1. The predicted octanol–water partition coefficient (Wildman–Crippen LogP) is 2.16. The summed E-state index contributed by atoms with van der Waals surface area (Å²) in [5.41, 5.74) is 11.5. The van der Waals surface area contributed by atoms with E-state index in [-0.39, 0.29) is 0 Å². The number of H-pyrrole nitrogens is 1. The van der Waals surface area contributed by atoms with Gasteiger partial charge in [-0.3, -0.25) is 4.68 Å². The number of para-hydroxylation sites is 1. The van der Waals surface area contributed by atoms with Crippen molar-refractivity contribution in [3.05, 3.63) is 29.6 Å². The van der Waals surface area contributed by atoms with Gasteiger partial charge in [0, 0.05) is 12.7 Å². The fourth-order valence-electron chi connectivity index (χ4n) is 2.29. The fourth-order valence-corrected chi connectivity index (χ4v) is 2.29. The van der Waals surface area contributed by atoms with Crippen molar-refractivity contribution in [2.75, 3.05) is 5.73 Å². The number of anilines is 1. The SMILES string of the molecule is Cc1nn(C)c(C)c1-c1nc2c(N)cccc2[nH]1. The van der Waals surface area contributed by atoms with Crippen molar-refractivity contribution < 1.29 is 0 Å². The normalized spacial score (nSPS) is 11.3. The highest BCUT2D eigenvalue weighted by Gasteiger charge is 2.15. The van der Waals surface area contributed by atoms with Crippen LogP contribution >= 0.6 is 0 Å². The summed E-state index contributed by atoms with van der Waals surface area (Å²) in [6.07, 6.45) is 0. The van der Waals surface area contributed by atoms with Gasteiger partial charge >= 0.3 is 0 Å². The van der Waals surface area contributed by atoms with Gasteiger partial charge in [0.1, 0.15) is 11.3 Å². The molecule has 0 aliphatic carbocycles. The first-order valence-electron chi connectivity index (χ1n) is 5.82. The molecule has 0 saturated heterocycles. The average molecular weight is 241 g/mol. The molecule has 0 radical (unpaired) electrons. The lowest BCUT2D eigenvalue weighted by molar-refractivity contribution is 0.731. The number of aromatic amines is 1. The Balaban J connectivity index is 2.29. The molecule has 5 heteroatoms. The first kappa shape index (κ1) is 10.8. The molecule has 3 aromatic rings. The second-order valence-electron chi connectivity index (χ2n) is 4.50. The monoisotopic (exact) mass is 241 g/mol. The van der Waals surface area contributed by atoms with Crippen molar-refractivity contribution in [2.45, 2.75) is 13.8 Å². The summed E-state index contributed by atoms with van der Waals surface area (Å²) in [5.74, 6) is 0.825. The maximum Gasteiger partial charge on any atom is 0.142 e. The molecule has 0 bridgehead atoms. The van der Waals surface area contributed by atoms with E-state index in [1.165, 1.54) is 0 Å². The third-order valence-corrected chi connectivity index (χ3v) is 3.29. The van der Waals surface area contributed by atoms with Gasteiger partial charge in [0.05, 0.1) is 22.5 Å². The number of fused-ring (bicyclic) bond motifs is 1. The Morgan fingerprint density at radius 1 is 1.28 bits per heavy atom. The van der Waals surface area contributed by atoms with E-state index in [1.54, 1.807) is 0 Å². The molecular formula is C13H15N5. The van der Waals surface area contributed by atoms with Crippen molar-refractivity contribution in [2.24, 2.45) is 7.05 Å². The molecule has 5 nitrogen and oxygen atoms in total. The van der Waals surface area contributed by atoms with E-state index in [4.69, 9.17) is 5.73 Å². The van der Waals surface area contributed by atoms with Gasteiger partial charge in [0.25, 0.3) is 0 Å². The zero-order chi connectivity index (χ0) is 12.9. The highest BCUT2D eigenvalue weighted by atomic mass is 15.3. The lowest BCUT2D eigenvalue weighted by Crippen LogP contribution is -1.93. The van der Waals surface area contributed by atoms with E-state index in [0.29, 0.717) is 5.69 Å². The van der Waals surface area contributed by atoms with Gasteiger partial charge < -0.3 is 10.7 Å². The molecule has 0 amide bonds. The van der Waals surface area contributed by atoms with Crippen LogP contribution in [0.2, 0.25) is 0 Å². The molecule has 0 aliphatic rings. The van der Waals surface area contributed by atoms with Crippen molar-refractivity contribution >= 4 is 16.7 Å². The van der Waals surface area contributed by atoms with E-state index in [1.807, 2.05) is 43.8 Å². The minimum absolute atomic E-state index is 0.689. The molecule has 3 rings (SSSR count). The number of aromatic nitrogens is 4. The van der Waals surface area contributed by atoms with Crippen LogP contribution in [0.4, 0.5) is 5.69 Å². The van der Waals surface area contributed by atoms with E-state index < -0.39 is 0 Å². The molecule has 2 heterocycles. The second-order valence-corrected chi connectivity index (χ2v) is 4.50. The van der Waals surface area contributed by atoms with Crippen molar-refractivity contribution in [1.82, 2.24) is 19.7 Å². The lowest BCUT2D eigenvalue weighted by atomic mass is 10.2. The summed E-state index contributed by atoms with van der Waals surface area (Å²) in [5, 5.41) is 4.41. The van der Waals surface area contributed by atoms with Crippen molar-refractivity contribution in [1.29, 1.82) is 0 Å². The number of hydrogen-bond donors (Lipinski definition) is 2. The highest BCUT2D eigenvalue weighted by Crippen LogP contribution is 2.27. The van der Waals surface area contributed by atoms with Crippen LogP contribution in [-0.2, 0) is 7.05 Å². The Morgan fingerprint density at radius 2 is 2.06 bits per heavy atom. The van der Waals surface area contributed by atoms with E-state index in [9.17, 15) is 0 Å². The van der Waals surface area contributed by atoms with Crippen LogP contribution < -0.4 is 5.73 Å². The van der Waals surface area contributed by atoms with Gasteiger partial charge in [-0.25, -0.2) is 4.98 Å². The summed E-state index contributed by atoms with van der Waals surface area (Å²) in [6, 6.07) is 5.75. The zero-order valence-electron chi connectivity index (χ0n) is 10.7. The summed E-state index contributed by atoms with van der Waals surface area (Å²) >= 11 is 0. The Labute approximate surface area is 105 Å². The number of nitrogens with two attached hydrogens (primary N) is 1. The van der Waals surface area contributed by atoms with Crippen LogP contribution in [0.3, 0.4) is 0 Å². The third-order valence-electron chi connectivity index (χ3n) is 3.29. The standard InChI is InChI=1S/C13H15N5/c1-7-11(8(2)18(3)17-7)13-15-10-6-4-5-9(14)12(10)16-13/h4-6H,14H2,1-3H3,(H,15,16). The van der Waals surface area contributed by atoms with Gasteiger partial charge in [-0.15, -0.1) is 0 Å². The van der Waals surface area contributed by atoms with Gasteiger partial charge in [-0.05, 0) is 26.0 Å². The molecule has 18 heavy (non-hydrogen) atoms. The number of nitrogen functional groups attached to an aromatic ring is 1. The molecule has 2 aromatic heterocycles. The largest absolute Gasteiger partial charge is 0.397 e. The number of hydrogen-bond acceptors (Lipinski definition) is 3. The first-order valence-corrected chi connectivity index (χ1v) is 5.82. The molecular weight excluding hydrogens is 226 g/mol. The molecule has 92 valence electrons. The third kappa shape index (κ3) is 1.40. The molecule has 0 spiro atoms. The number of imidazole rings is 1. The summed E-state index contributed by atoms with van der Waals surface area (Å²) in [7, 11) is 1.93. The number of benzene rings is 1. The van der Waals surface area contributed by atoms with Crippen LogP contribution in [0.15, 0.2) is 18.2 Å². The molecule has 0 atom stereocenters. The van der Waals surface area contributed by atoms with Gasteiger partial charge in [0.15, 0.2) is 0 Å². The Kier molecular flexibility index (Phi) is 2.16. The molecule has 0 saturated carbocycles. The zero-order valence-corrected chi connectivity index (χ0v) is 10.7. The summed E-state index contributed by atoms with van der Waals surface area (Å²) in [4.78, 5) is 7.89. The van der Waals surface area contributed by atoms with E-state index in [0.717, 1.165) is 33.8 Å². The van der Waals surface area contributed by atoms with Crippen LogP contribution in [-0.4, -0.2) is 19.7 Å². The minimum Gasteiger partial charge on any atom is -0.397 e. The molecule has 0 unspecified atom stereocenters. The Morgan fingerprint density at radius 3 is 2.67 bits per heavy atom. The van der Waals surface area contributed by atoms with Gasteiger partial charge in [0.2, 0.25) is 0 Å². The van der Waals surface area contributed by atoms with Gasteiger partial charge in [-0.1, -0.05) is 6.07 Å². The maximum absolute atomic E-state index is 5.93. The van der Waals surface area contributed by atoms with Crippen LogP contribution in [0.25, 0.3) is 22.4 Å². The predicted molar refractivity (Wildman–Crippen MR) is 72.2 cm³/mol. The molecule has 3 N–H and O–H groups in total. The topological polar surface area (TPSA) is 72.5 Å². The minimum atomic E-state index is 0.689. The Bertz CT molecular complexity index is 735. The molecule has 0 fully saturated rings. The van der Waals surface area contributed by atoms with Crippen LogP contribution in [0, 0.1) is 13.8 Å². The molecule has 0 aliphatic heterocycles. The van der Waals surface area contributed by atoms with Crippen molar-refractivity contribution in [3.8, 4) is 11.4 Å². The quantitative estimate of drug-likeness (QED) is 0.641.